The van der Waals surface area contributed by atoms with E-state index in [1.165, 1.54) is 23.4 Å². The minimum absolute atomic E-state index is 0.0664. The summed E-state index contributed by atoms with van der Waals surface area (Å²) in [6.45, 7) is 2.06. The molecule has 0 atom stereocenters. The zero-order valence-corrected chi connectivity index (χ0v) is 12.8. The van der Waals surface area contributed by atoms with Gasteiger partial charge in [0.2, 0.25) is 0 Å². The Labute approximate surface area is 132 Å². The van der Waals surface area contributed by atoms with Gasteiger partial charge >= 0.3 is 5.97 Å². The first-order valence-electron chi connectivity index (χ1n) is 6.75. The lowest BCUT2D eigenvalue weighted by Crippen LogP contribution is -2.01. The van der Waals surface area contributed by atoms with Crippen LogP contribution in [0, 0.1) is 10.1 Å². The van der Waals surface area contributed by atoms with E-state index in [-0.39, 0.29) is 12.1 Å². The van der Waals surface area contributed by atoms with Crippen LogP contribution in [0.4, 0.5) is 5.69 Å². The molecule has 2 aromatic carbocycles. The Balaban J connectivity index is 2.28. The molecule has 114 valence electrons. The van der Waals surface area contributed by atoms with Crippen molar-refractivity contribution in [2.75, 3.05) is 0 Å². The van der Waals surface area contributed by atoms with E-state index in [9.17, 15) is 14.9 Å². The summed E-state index contributed by atoms with van der Waals surface area (Å²) < 4.78 is 0. The third-order valence-electron chi connectivity index (χ3n) is 3.13. The van der Waals surface area contributed by atoms with Gasteiger partial charge in [0, 0.05) is 11.0 Å². The Morgan fingerprint density at radius 3 is 2.36 bits per heavy atom. The molecule has 22 heavy (non-hydrogen) atoms. The first-order chi connectivity index (χ1) is 10.5. The van der Waals surface area contributed by atoms with Crippen molar-refractivity contribution in [1.82, 2.24) is 0 Å². The first-order valence-corrected chi connectivity index (χ1v) is 7.57. The fraction of sp³-hybridized carbons (Fsp3) is 0.188. The van der Waals surface area contributed by atoms with Crippen molar-refractivity contribution in [2.24, 2.45) is 0 Å². The molecular weight excluding hydrogens is 302 g/mol. The van der Waals surface area contributed by atoms with Crippen molar-refractivity contribution in [1.29, 1.82) is 0 Å². The van der Waals surface area contributed by atoms with E-state index in [0.29, 0.717) is 10.5 Å². The van der Waals surface area contributed by atoms with Crippen molar-refractivity contribution in [2.45, 2.75) is 29.6 Å². The molecule has 0 unspecified atom stereocenters. The van der Waals surface area contributed by atoms with Crippen LogP contribution >= 0.6 is 11.8 Å². The molecule has 0 aromatic heterocycles. The molecule has 0 saturated carbocycles. The first kappa shape index (κ1) is 16.0. The molecule has 0 radical (unpaired) electrons. The molecule has 0 aliphatic rings. The summed E-state index contributed by atoms with van der Waals surface area (Å²) in [6, 6.07) is 12.4. The van der Waals surface area contributed by atoms with Gasteiger partial charge in [-0.15, -0.1) is 0 Å². The predicted molar refractivity (Wildman–Crippen MR) is 84.4 cm³/mol. The van der Waals surface area contributed by atoms with Gasteiger partial charge in [-0.1, -0.05) is 36.9 Å². The van der Waals surface area contributed by atoms with Crippen molar-refractivity contribution < 1.29 is 14.8 Å². The quantitative estimate of drug-likeness (QED) is 0.645. The van der Waals surface area contributed by atoms with Crippen molar-refractivity contribution in [3.05, 3.63) is 63.7 Å². The van der Waals surface area contributed by atoms with Gasteiger partial charge in [-0.25, -0.2) is 0 Å². The van der Waals surface area contributed by atoms with Crippen molar-refractivity contribution >= 4 is 23.4 Å². The predicted octanol–water partition coefficient (Wildman–Crippen LogP) is 3.94. The van der Waals surface area contributed by atoms with Crippen LogP contribution < -0.4 is 0 Å². The molecule has 0 saturated heterocycles. The molecule has 6 heteroatoms. The Kier molecular flexibility index (Phi) is 5.16. The minimum atomic E-state index is -1.01. The van der Waals surface area contributed by atoms with E-state index in [4.69, 9.17) is 5.11 Å². The molecule has 0 fully saturated rings. The zero-order chi connectivity index (χ0) is 16.1. The third kappa shape index (κ3) is 4.08. The average molecular weight is 317 g/mol. The number of hydrogen-bond acceptors (Lipinski definition) is 4. The number of carboxylic acids is 1. The molecule has 1 N–H and O–H groups in total. The van der Waals surface area contributed by atoms with E-state index < -0.39 is 10.9 Å². The van der Waals surface area contributed by atoms with Crippen LogP contribution in [0.15, 0.2) is 52.3 Å². The van der Waals surface area contributed by atoms with Crippen molar-refractivity contribution in [3.8, 4) is 0 Å². The van der Waals surface area contributed by atoms with Crippen LogP contribution in [0.3, 0.4) is 0 Å². The van der Waals surface area contributed by atoms with Gasteiger partial charge < -0.3 is 5.11 Å². The lowest BCUT2D eigenvalue weighted by atomic mass is 10.1. The van der Waals surface area contributed by atoms with Crippen LogP contribution in [0.1, 0.15) is 18.1 Å². The summed E-state index contributed by atoms with van der Waals surface area (Å²) in [4.78, 5) is 22.8. The number of nitrogens with zero attached hydrogens (tertiary/aromatic N) is 1. The van der Waals surface area contributed by atoms with Gasteiger partial charge in [0.1, 0.15) is 0 Å². The second-order valence-corrected chi connectivity index (χ2v) is 5.84. The smallest absolute Gasteiger partial charge is 0.307 e. The Morgan fingerprint density at radius 1 is 1.18 bits per heavy atom. The maximum atomic E-state index is 11.2. The van der Waals surface area contributed by atoms with Crippen LogP contribution in [-0.2, 0) is 17.6 Å². The molecule has 5 nitrogen and oxygen atoms in total. The van der Waals surface area contributed by atoms with Gasteiger partial charge in [0.05, 0.1) is 16.2 Å². The van der Waals surface area contributed by atoms with Gasteiger partial charge in [-0.3, -0.25) is 14.9 Å². The number of rotatable bonds is 6. The number of aliphatic carboxylic acids is 1. The number of benzene rings is 2. The third-order valence-corrected chi connectivity index (χ3v) is 4.21. The molecule has 0 heterocycles. The van der Waals surface area contributed by atoms with E-state index in [2.05, 4.69) is 6.92 Å². The summed E-state index contributed by atoms with van der Waals surface area (Å²) in [5.41, 5.74) is 1.56. The summed E-state index contributed by atoms with van der Waals surface area (Å²) in [6.07, 6.45) is 0.714. The SMILES string of the molecule is CCc1ccc(Sc2ccc(CC(=O)O)cc2[N+](=O)[O-])cc1. The average Bonchev–Trinajstić information content (AvgIpc) is 2.49. The normalized spacial score (nSPS) is 10.4. The fourth-order valence-corrected chi connectivity index (χ4v) is 2.90. The van der Waals surface area contributed by atoms with Gasteiger partial charge in [0.25, 0.3) is 5.69 Å². The Hall–Kier alpha value is -2.34. The summed E-state index contributed by atoms with van der Waals surface area (Å²) in [5, 5.41) is 20.0. The molecular formula is C16H15NO4S. The lowest BCUT2D eigenvalue weighted by Gasteiger charge is -2.06. The van der Waals surface area contributed by atoms with Gasteiger partial charge in [0.15, 0.2) is 0 Å². The monoisotopic (exact) mass is 317 g/mol. The molecule has 2 rings (SSSR count). The highest BCUT2D eigenvalue weighted by Gasteiger charge is 2.16. The maximum absolute atomic E-state index is 11.2. The topological polar surface area (TPSA) is 80.4 Å². The number of carboxylic acid groups (broad SMARTS) is 1. The molecule has 0 aliphatic carbocycles. The van der Waals surface area contributed by atoms with Crippen molar-refractivity contribution in [3.63, 3.8) is 0 Å². The molecule has 0 amide bonds. The van der Waals surface area contributed by atoms with Gasteiger partial charge in [-0.05, 0) is 35.7 Å². The lowest BCUT2D eigenvalue weighted by molar-refractivity contribution is -0.387. The van der Waals surface area contributed by atoms with Crippen LogP contribution in [0.5, 0.6) is 0 Å². The number of nitro benzene ring substituents is 1. The Morgan fingerprint density at radius 2 is 1.82 bits per heavy atom. The van der Waals surface area contributed by atoms with E-state index in [1.807, 2.05) is 24.3 Å². The van der Waals surface area contributed by atoms with Crippen LogP contribution in [-0.4, -0.2) is 16.0 Å². The highest BCUT2D eigenvalue weighted by molar-refractivity contribution is 7.99. The largest absolute Gasteiger partial charge is 0.481 e. The van der Waals surface area contributed by atoms with E-state index >= 15 is 0 Å². The number of carbonyl (C=O) groups is 1. The standard InChI is InChI=1S/C16H15NO4S/c1-2-11-3-6-13(7-4-11)22-15-8-5-12(10-16(18)19)9-14(15)17(20)21/h3-9H,2,10H2,1H3,(H,18,19). The summed E-state index contributed by atoms with van der Waals surface area (Å²) in [5.74, 6) is -1.01. The second-order valence-electron chi connectivity index (χ2n) is 4.73. The fourth-order valence-electron chi connectivity index (χ4n) is 2.00. The summed E-state index contributed by atoms with van der Waals surface area (Å²) >= 11 is 1.30. The molecule has 2 aromatic rings. The minimum Gasteiger partial charge on any atom is -0.481 e. The Bertz CT molecular complexity index is 698. The number of aryl methyl sites for hydroxylation is 1. The number of nitro groups is 1. The van der Waals surface area contributed by atoms with Crippen LogP contribution in [0.2, 0.25) is 0 Å². The van der Waals surface area contributed by atoms with Gasteiger partial charge in [-0.2, -0.15) is 0 Å². The highest BCUT2D eigenvalue weighted by Crippen LogP contribution is 2.35. The second kappa shape index (κ2) is 7.09. The maximum Gasteiger partial charge on any atom is 0.307 e. The highest BCUT2D eigenvalue weighted by atomic mass is 32.2. The van der Waals surface area contributed by atoms with Crippen LogP contribution in [0.25, 0.3) is 0 Å². The zero-order valence-electron chi connectivity index (χ0n) is 12.0. The molecule has 0 aliphatic heterocycles. The molecule has 0 bridgehead atoms. The molecule has 0 spiro atoms. The van der Waals surface area contributed by atoms with E-state index in [1.54, 1.807) is 12.1 Å². The summed E-state index contributed by atoms with van der Waals surface area (Å²) in [7, 11) is 0. The van der Waals surface area contributed by atoms with E-state index in [0.717, 1.165) is 11.3 Å². The number of hydrogen-bond donors (Lipinski definition) is 1.